The van der Waals surface area contributed by atoms with E-state index < -0.39 is 6.10 Å². The van der Waals surface area contributed by atoms with Crippen molar-refractivity contribution in [2.75, 3.05) is 13.2 Å². The number of ether oxygens (including phenoxy) is 2. The van der Waals surface area contributed by atoms with E-state index in [9.17, 15) is 14.7 Å². The van der Waals surface area contributed by atoms with Crippen molar-refractivity contribution in [2.45, 2.75) is 187 Å². The zero-order valence-electron chi connectivity index (χ0n) is 31.2. The largest absolute Gasteiger partial charge is 0.463 e. The Morgan fingerprint density at radius 2 is 0.729 bits per heavy atom. The van der Waals surface area contributed by atoms with Crippen molar-refractivity contribution >= 4 is 11.9 Å². The highest BCUT2D eigenvalue weighted by Gasteiger charge is 2.12. The van der Waals surface area contributed by atoms with Gasteiger partial charge in [-0.05, 0) is 83.5 Å². The molecule has 0 aliphatic carbocycles. The summed E-state index contributed by atoms with van der Waals surface area (Å²) in [5.74, 6) is -0.616. The highest BCUT2D eigenvalue weighted by molar-refractivity contribution is 5.69. The van der Waals surface area contributed by atoms with Crippen LogP contribution in [0.5, 0.6) is 0 Å². The Kier molecular flexibility index (Phi) is 37.1. The van der Waals surface area contributed by atoms with Crippen LogP contribution in [0.15, 0.2) is 60.8 Å². The second-order valence-electron chi connectivity index (χ2n) is 13.0. The summed E-state index contributed by atoms with van der Waals surface area (Å²) >= 11 is 0. The first kappa shape index (κ1) is 45.6. The third-order valence-electron chi connectivity index (χ3n) is 8.23. The molecule has 0 fully saturated rings. The Bertz CT molecular complexity index is 853. The highest BCUT2D eigenvalue weighted by Crippen LogP contribution is 2.12. The molecule has 0 aromatic rings. The van der Waals surface area contributed by atoms with Crippen LogP contribution in [0.4, 0.5) is 0 Å². The Morgan fingerprint density at radius 3 is 1.12 bits per heavy atom. The molecule has 276 valence electrons. The maximum Gasteiger partial charge on any atom is 0.305 e. The smallest absolute Gasteiger partial charge is 0.305 e. The van der Waals surface area contributed by atoms with Crippen LogP contribution in [0.2, 0.25) is 0 Å². The average Bonchev–Trinajstić information content (AvgIpc) is 3.09. The number of esters is 2. The van der Waals surface area contributed by atoms with E-state index in [0.717, 1.165) is 57.8 Å². The Hall–Kier alpha value is -2.40. The van der Waals surface area contributed by atoms with Crippen LogP contribution in [0, 0.1) is 0 Å². The van der Waals surface area contributed by atoms with Crippen LogP contribution in [-0.4, -0.2) is 36.4 Å². The predicted molar refractivity (Wildman–Crippen MR) is 205 cm³/mol. The van der Waals surface area contributed by atoms with Crippen molar-refractivity contribution in [3.05, 3.63) is 60.8 Å². The summed E-state index contributed by atoms with van der Waals surface area (Å²) in [6.45, 7) is 4.20. The van der Waals surface area contributed by atoms with Gasteiger partial charge in [0.25, 0.3) is 0 Å². The second kappa shape index (κ2) is 39.0. The number of carbonyl (C=O) groups excluding carboxylic acids is 2. The van der Waals surface area contributed by atoms with Crippen LogP contribution in [0.1, 0.15) is 181 Å². The van der Waals surface area contributed by atoms with E-state index in [1.807, 2.05) is 0 Å². The minimum absolute atomic E-state index is 0.132. The number of rotatable bonds is 35. The third-order valence-corrected chi connectivity index (χ3v) is 8.23. The van der Waals surface area contributed by atoms with Crippen molar-refractivity contribution in [3.8, 4) is 0 Å². The molecule has 1 atom stereocenters. The Balaban J connectivity index is 3.51. The van der Waals surface area contributed by atoms with Gasteiger partial charge < -0.3 is 14.6 Å². The van der Waals surface area contributed by atoms with Gasteiger partial charge in [-0.1, -0.05) is 145 Å². The number of aliphatic hydroxyl groups is 1. The van der Waals surface area contributed by atoms with E-state index in [0.29, 0.717) is 12.8 Å². The molecule has 1 N–H and O–H groups in total. The minimum atomic E-state index is -0.983. The fourth-order valence-corrected chi connectivity index (χ4v) is 5.18. The average molecular weight is 671 g/mol. The van der Waals surface area contributed by atoms with Gasteiger partial charge in [0.15, 0.2) is 0 Å². The summed E-state index contributed by atoms with van der Waals surface area (Å²) in [5, 5.41) is 10.0. The van der Waals surface area contributed by atoms with Crippen LogP contribution >= 0.6 is 0 Å². The zero-order chi connectivity index (χ0) is 35.0. The van der Waals surface area contributed by atoms with Gasteiger partial charge in [-0.2, -0.15) is 0 Å². The standard InChI is InChI=1S/C43H74O5/c1-3-5-7-9-11-13-15-17-19-20-21-22-24-26-28-30-32-34-36-38-43(46)48-40-41(44)39-47-42(45)37-35-33-31-29-27-25-23-18-16-14-12-10-8-6-4-2/h11-14,17-19,23,27,29,41,44H,3-10,15-16,20-22,24-26,28,30-40H2,1-2H3/b13-11-,14-12-,19-17-,23-18-,29-27-/t41-/m1/s1. The molecule has 0 aromatic carbocycles. The number of unbranched alkanes of at least 4 members (excludes halogenated alkanes) is 17. The summed E-state index contributed by atoms with van der Waals surface area (Å²) in [5.41, 5.74) is 0. The molecule has 0 aliphatic rings. The van der Waals surface area contributed by atoms with Gasteiger partial charge in [-0.15, -0.1) is 0 Å². The van der Waals surface area contributed by atoms with E-state index in [1.165, 1.54) is 96.3 Å². The van der Waals surface area contributed by atoms with Gasteiger partial charge in [-0.3, -0.25) is 9.59 Å². The Labute approximate surface area is 296 Å². The maximum absolute atomic E-state index is 12.0. The number of hydrogen-bond acceptors (Lipinski definition) is 5. The molecular weight excluding hydrogens is 596 g/mol. The predicted octanol–water partition coefficient (Wildman–Crippen LogP) is 12.4. The molecule has 0 aromatic heterocycles. The van der Waals surface area contributed by atoms with E-state index in [4.69, 9.17) is 9.47 Å². The van der Waals surface area contributed by atoms with Crippen LogP contribution in [0.3, 0.4) is 0 Å². The van der Waals surface area contributed by atoms with Crippen molar-refractivity contribution in [2.24, 2.45) is 0 Å². The molecule has 0 unspecified atom stereocenters. The molecule has 48 heavy (non-hydrogen) atoms. The lowest BCUT2D eigenvalue weighted by Crippen LogP contribution is -2.25. The summed E-state index contributed by atoms with van der Waals surface area (Å²) in [6, 6.07) is 0. The third kappa shape index (κ3) is 38.1. The summed E-state index contributed by atoms with van der Waals surface area (Å²) in [6.07, 6.45) is 49.9. The molecule has 5 nitrogen and oxygen atoms in total. The Morgan fingerprint density at radius 1 is 0.438 bits per heavy atom. The number of carbonyl (C=O) groups is 2. The van der Waals surface area contributed by atoms with Gasteiger partial charge in [-0.25, -0.2) is 0 Å². The van der Waals surface area contributed by atoms with E-state index >= 15 is 0 Å². The molecule has 0 radical (unpaired) electrons. The van der Waals surface area contributed by atoms with E-state index in [2.05, 4.69) is 74.6 Å². The monoisotopic (exact) mass is 671 g/mol. The van der Waals surface area contributed by atoms with E-state index in [1.54, 1.807) is 0 Å². The summed E-state index contributed by atoms with van der Waals surface area (Å²) < 4.78 is 10.3. The molecule has 0 aliphatic heterocycles. The van der Waals surface area contributed by atoms with Gasteiger partial charge >= 0.3 is 11.9 Å². The topological polar surface area (TPSA) is 72.8 Å². The zero-order valence-corrected chi connectivity index (χ0v) is 31.2. The number of allylic oxidation sites excluding steroid dienone is 10. The quantitative estimate of drug-likeness (QED) is 0.0413. The SMILES string of the molecule is CCCCC/C=C\C/C=C\C/C=C\CCCCC(=O)OC[C@@H](O)COC(=O)CCCCCCCCCCC/C=C\C/C=C\CCCCC. The van der Waals surface area contributed by atoms with Crippen molar-refractivity contribution in [3.63, 3.8) is 0 Å². The van der Waals surface area contributed by atoms with Gasteiger partial charge in [0.05, 0.1) is 0 Å². The molecule has 0 saturated heterocycles. The maximum atomic E-state index is 12.0. The molecule has 0 heterocycles. The first-order valence-corrected chi connectivity index (χ1v) is 19.8. The van der Waals surface area contributed by atoms with Crippen molar-refractivity contribution in [1.29, 1.82) is 0 Å². The lowest BCUT2D eigenvalue weighted by Gasteiger charge is -2.12. The van der Waals surface area contributed by atoms with Gasteiger partial charge in [0.2, 0.25) is 0 Å². The van der Waals surface area contributed by atoms with Crippen LogP contribution in [0.25, 0.3) is 0 Å². The lowest BCUT2D eigenvalue weighted by molar-refractivity contribution is -0.152. The molecule has 0 saturated carbocycles. The molecular formula is C43H74O5. The molecule has 0 rings (SSSR count). The second-order valence-corrected chi connectivity index (χ2v) is 13.0. The fourth-order valence-electron chi connectivity index (χ4n) is 5.18. The molecule has 0 amide bonds. The summed E-state index contributed by atoms with van der Waals surface area (Å²) in [7, 11) is 0. The van der Waals surface area contributed by atoms with Gasteiger partial charge in [0, 0.05) is 12.8 Å². The van der Waals surface area contributed by atoms with Crippen LogP contribution < -0.4 is 0 Å². The summed E-state index contributed by atoms with van der Waals surface area (Å²) in [4.78, 5) is 23.9. The number of aliphatic hydroxyl groups excluding tert-OH is 1. The normalized spacial score (nSPS) is 12.8. The minimum Gasteiger partial charge on any atom is -0.463 e. The molecule has 0 bridgehead atoms. The molecule has 0 spiro atoms. The number of hydrogen-bond donors (Lipinski definition) is 1. The fraction of sp³-hybridized carbons (Fsp3) is 0.721. The molecule has 5 heteroatoms. The van der Waals surface area contributed by atoms with Crippen molar-refractivity contribution in [1.82, 2.24) is 0 Å². The lowest BCUT2D eigenvalue weighted by atomic mass is 10.1. The first-order valence-electron chi connectivity index (χ1n) is 19.8. The van der Waals surface area contributed by atoms with Gasteiger partial charge in [0.1, 0.15) is 19.3 Å². The van der Waals surface area contributed by atoms with E-state index in [-0.39, 0.29) is 25.2 Å². The first-order chi connectivity index (χ1) is 23.6. The van der Waals surface area contributed by atoms with Crippen molar-refractivity contribution < 1.29 is 24.2 Å². The van der Waals surface area contributed by atoms with Crippen LogP contribution in [-0.2, 0) is 19.1 Å². The highest BCUT2D eigenvalue weighted by atomic mass is 16.6.